The van der Waals surface area contributed by atoms with E-state index in [4.69, 9.17) is 0 Å². The van der Waals surface area contributed by atoms with Crippen LogP contribution in [0.4, 0.5) is 0 Å². The molecule has 64 valence electrons. The molecule has 0 bridgehead atoms. The van der Waals surface area contributed by atoms with Gasteiger partial charge in [-0.2, -0.15) is 0 Å². The number of hydrogen-bond acceptors (Lipinski definition) is 2. The van der Waals surface area contributed by atoms with Crippen molar-refractivity contribution in [3.8, 4) is 0 Å². The van der Waals surface area contributed by atoms with Crippen LogP contribution in [0.2, 0.25) is 0 Å². The second-order valence-corrected chi connectivity index (χ2v) is 3.26. The molecule has 1 fully saturated rings. The van der Waals surface area contributed by atoms with E-state index in [1.54, 1.807) is 17.1 Å². The smallest absolute Gasteiger partial charge is 0.253 e. The molecule has 0 spiro atoms. The average molecular weight is 164 g/mol. The van der Waals surface area contributed by atoms with Crippen molar-refractivity contribution >= 4 is 0 Å². The van der Waals surface area contributed by atoms with Gasteiger partial charge in [-0.3, -0.25) is 9.36 Å². The van der Waals surface area contributed by atoms with Gasteiger partial charge in [0.15, 0.2) is 0 Å². The van der Waals surface area contributed by atoms with Gasteiger partial charge in [-0.15, -0.1) is 0 Å². The van der Waals surface area contributed by atoms with Gasteiger partial charge < -0.3 is 0 Å². The van der Waals surface area contributed by atoms with Gasteiger partial charge in [0.25, 0.3) is 5.56 Å². The lowest BCUT2D eigenvalue weighted by molar-refractivity contribution is 0.495. The zero-order valence-electron chi connectivity index (χ0n) is 6.94. The van der Waals surface area contributed by atoms with E-state index in [1.807, 2.05) is 0 Å². The first-order valence-electron chi connectivity index (χ1n) is 4.40. The fourth-order valence-corrected chi connectivity index (χ4v) is 1.82. The molecule has 3 heteroatoms. The second kappa shape index (κ2) is 3.09. The van der Waals surface area contributed by atoms with Crippen LogP contribution in [-0.4, -0.2) is 9.55 Å². The summed E-state index contributed by atoms with van der Waals surface area (Å²) in [4.78, 5) is 15.3. The van der Waals surface area contributed by atoms with E-state index in [1.165, 1.54) is 18.9 Å². The summed E-state index contributed by atoms with van der Waals surface area (Å²) >= 11 is 0. The zero-order valence-corrected chi connectivity index (χ0v) is 6.94. The van der Waals surface area contributed by atoms with E-state index in [-0.39, 0.29) is 5.56 Å². The van der Waals surface area contributed by atoms with E-state index in [2.05, 4.69) is 4.98 Å². The minimum atomic E-state index is 0.0805. The Morgan fingerprint density at radius 3 is 2.83 bits per heavy atom. The first kappa shape index (κ1) is 7.53. The van der Waals surface area contributed by atoms with Crippen LogP contribution in [0.3, 0.4) is 0 Å². The zero-order chi connectivity index (χ0) is 8.39. The SMILES string of the molecule is O=c1ccncn1C1CCCC1. The Morgan fingerprint density at radius 1 is 1.42 bits per heavy atom. The van der Waals surface area contributed by atoms with Crippen LogP contribution >= 0.6 is 0 Å². The Hall–Kier alpha value is -1.12. The number of aromatic nitrogens is 2. The number of hydrogen-bond donors (Lipinski definition) is 0. The maximum absolute atomic E-state index is 11.3. The minimum absolute atomic E-state index is 0.0805. The standard InChI is InChI=1S/C9H12N2O/c12-9-5-6-10-7-11(9)8-3-1-2-4-8/h5-8H,1-4H2. The molecule has 0 unspecified atom stereocenters. The molecule has 0 saturated heterocycles. The molecule has 1 heterocycles. The summed E-state index contributed by atoms with van der Waals surface area (Å²) in [6.07, 6.45) is 7.95. The molecule has 1 aromatic rings. The van der Waals surface area contributed by atoms with Crippen molar-refractivity contribution in [3.63, 3.8) is 0 Å². The lowest BCUT2D eigenvalue weighted by atomic mass is 10.2. The Morgan fingerprint density at radius 2 is 2.17 bits per heavy atom. The Bertz CT molecular complexity index is 312. The van der Waals surface area contributed by atoms with E-state index >= 15 is 0 Å². The number of nitrogens with zero attached hydrogens (tertiary/aromatic N) is 2. The predicted molar refractivity (Wildman–Crippen MR) is 46.0 cm³/mol. The summed E-state index contributed by atoms with van der Waals surface area (Å²) in [7, 11) is 0. The molecule has 3 nitrogen and oxygen atoms in total. The average Bonchev–Trinajstić information content (AvgIpc) is 2.57. The highest BCUT2D eigenvalue weighted by atomic mass is 16.1. The lowest BCUT2D eigenvalue weighted by Crippen LogP contribution is -2.22. The van der Waals surface area contributed by atoms with Gasteiger partial charge in [0.2, 0.25) is 0 Å². The molecule has 1 saturated carbocycles. The third kappa shape index (κ3) is 1.26. The summed E-state index contributed by atoms with van der Waals surface area (Å²) in [5, 5.41) is 0. The van der Waals surface area contributed by atoms with Crippen LogP contribution in [0.15, 0.2) is 23.4 Å². The monoisotopic (exact) mass is 164 g/mol. The maximum Gasteiger partial charge on any atom is 0.253 e. The maximum atomic E-state index is 11.3. The predicted octanol–water partition coefficient (Wildman–Crippen LogP) is 1.36. The van der Waals surface area contributed by atoms with Crippen LogP contribution in [0.1, 0.15) is 31.7 Å². The van der Waals surface area contributed by atoms with Gasteiger partial charge in [0.05, 0.1) is 6.33 Å². The summed E-state index contributed by atoms with van der Waals surface area (Å²) in [6.45, 7) is 0. The molecule has 12 heavy (non-hydrogen) atoms. The molecule has 0 amide bonds. The van der Waals surface area contributed by atoms with Crippen LogP contribution in [0.25, 0.3) is 0 Å². The summed E-state index contributed by atoms with van der Waals surface area (Å²) < 4.78 is 1.76. The lowest BCUT2D eigenvalue weighted by Gasteiger charge is -2.10. The summed E-state index contributed by atoms with van der Waals surface area (Å²) in [5.41, 5.74) is 0.0805. The number of rotatable bonds is 1. The molecular weight excluding hydrogens is 152 g/mol. The molecule has 0 aromatic carbocycles. The van der Waals surface area contributed by atoms with Crippen molar-refractivity contribution < 1.29 is 0 Å². The Labute approximate surface area is 71.1 Å². The highest BCUT2D eigenvalue weighted by molar-refractivity contribution is 4.87. The van der Waals surface area contributed by atoms with Crippen LogP contribution in [0.5, 0.6) is 0 Å². The van der Waals surface area contributed by atoms with E-state index < -0.39 is 0 Å². The Kier molecular flexibility index (Phi) is 1.94. The fraction of sp³-hybridized carbons (Fsp3) is 0.556. The van der Waals surface area contributed by atoms with Crippen LogP contribution in [-0.2, 0) is 0 Å². The highest BCUT2D eigenvalue weighted by Gasteiger charge is 2.16. The largest absolute Gasteiger partial charge is 0.296 e. The van der Waals surface area contributed by atoms with Crippen molar-refractivity contribution in [2.75, 3.05) is 0 Å². The van der Waals surface area contributed by atoms with Crippen molar-refractivity contribution in [1.82, 2.24) is 9.55 Å². The molecule has 2 rings (SSSR count). The summed E-state index contributed by atoms with van der Waals surface area (Å²) in [6, 6.07) is 1.93. The molecule has 1 aromatic heterocycles. The Balaban J connectivity index is 2.32. The molecule has 1 aliphatic rings. The second-order valence-electron chi connectivity index (χ2n) is 3.26. The van der Waals surface area contributed by atoms with Crippen LogP contribution in [0, 0.1) is 0 Å². The molecule has 0 atom stereocenters. The van der Waals surface area contributed by atoms with Gasteiger partial charge in [0, 0.05) is 18.3 Å². The molecule has 0 radical (unpaired) electrons. The third-order valence-corrected chi connectivity index (χ3v) is 2.47. The quantitative estimate of drug-likeness (QED) is 0.628. The van der Waals surface area contributed by atoms with Crippen molar-refractivity contribution in [2.45, 2.75) is 31.7 Å². The third-order valence-electron chi connectivity index (χ3n) is 2.47. The van der Waals surface area contributed by atoms with Gasteiger partial charge in [0.1, 0.15) is 0 Å². The molecule has 1 aliphatic carbocycles. The molecule has 0 aliphatic heterocycles. The van der Waals surface area contributed by atoms with E-state index in [0.29, 0.717) is 6.04 Å². The summed E-state index contributed by atoms with van der Waals surface area (Å²) in [5.74, 6) is 0. The van der Waals surface area contributed by atoms with Gasteiger partial charge >= 0.3 is 0 Å². The first-order chi connectivity index (χ1) is 5.88. The van der Waals surface area contributed by atoms with Gasteiger partial charge in [-0.05, 0) is 12.8 Å². The van der Waals surface area contributed by atoms with Gasteiger partial charge in [-0.25, -0.2) is 4.98 Å². The fourth-order valence-electron chi connectivity index (χ4n) is 1.82. The van der Waals surface area contributed by atoms with Crippen molar-refractivity contribution in [1.29, 1.82) is 0 Å². The van der Waals surface area contributed by atoms with E-state index in [0.717, 1.165) is 12.8 Å². The molecule has 0 N–H and O–H groups in total. The normalized spacial score (nSPS) is 18.3. The van der Waals surface area contributed by atoms with Crippen molar-refractivity contribution in [3.05, 3.63) is 28.9 Å². The van der Waals surface area contributed by atoms with Crippen molar-refractivity contribution in [2.24, 2.45) is 0 Å². The first-order valence-corrected chi connectivity index (χ1v) is 4.40. The van der Waals surface area contributed by atoms with Gasteiger partial charge in [-0.1, -0.05) is 12.8 Å². The van der Waals surface area contributed by atoms with E-state index in [9.17, 15) is 4.79 Å². The minimum Gasteiger partial charge on any atom is -0.296 e. The van der Waals surface area contributed by atoms with Crippen LogP contribution < -0.4 is 5.56 Å². The molecular formula is C9H12N2O. The topological polar surface area (TPSA) is 34.9 Å². The highest BCUT2D eigenvalue weighted by Crippen LogP contribution is 2.27.